The first kappa shape index (κ1) is 24.1. The van der Waals surface area contributed by atoms with Crippen molar-refractivity contribution in [3.05, 3.63) is 0 Å². The average molecular weight is 376 g/mol. The molecule has 0 saturated heterocycles. The van der Waals surface area contributed by atoms with E-state index in [1.54, 1.807) is 0 Å². The SMILES string of the molecule is CC(C)C[C@H](NN=NN[C@@H](CC(C)C)[C@@H](O)CC(=O)O)[C@@H](O)CC(=O)O. The molecule has 0 aromatic heterocycles. The monoisotopic (exact) mass is 376 g/mol. The number of carbonyl (C=O) groups is 2. The van der Waals surface area contributed by atoms with Crippen LogP contribution in [0.4, 0.5) is 0 Å². The summed E-state index contributed by atoms with van der Waals surface area (Å²) in [4.78, 5) is 21.5. The number of carboxylic acid groups (broad SMARTS) is 2. The Bertz CT molecular complexity index is 418. The Morgan fingerprint density at radius 1 is 0.769 bits per heavy atom. The van der Waals surface area contributed by atoms with Gasteiger partial charge >= 0.3 is 11.9 Å². The summed E-state index contributed by atoms with van der Waals surface area (Å²) in [5.74, 6) is -1.83. The molecule has 0 radical (unpaired) electrons. The molecule has 0 spiro atoms. The van der Waals surface area contributed by atoms with Crippen LogP contribution in [0.3, 0.4) is 0 Å². The fraction of sp³-hybridized carbons (Fsp3) is 0.875. The van der Waals surface area contributed by atoms with E-state index in [0.29, 0.717) is 12.8 Å². The van der Waals surface area contributed by atoms with E-state index >= 15 is 0 Å². The molecule has 10 heteroatoms. The minimum atomic E-state index is -1.13. The second kappa shape index (κ2) is 12.4. The minimum absolute atomic E-state index is 0.199. The zero-order valence-corrected chi connectivity index (χ0v) is 15.8. The van der Waals surface area contributed by atoms with Crippen molar-refractivity contribution in [1.29, 1.82) is 0 Å². The van der Waals surface area contributed by atoms with Gasteiger partial charge in [-0.05, 0) is 24.7 Å². The number of carboxylic acids is 2. The maximum absolute atomic E-state index is 10.8. The van der Waals surface area contributed by atoms with Gasteiger partial charge in [-0.25, -0.2) is 0 Å². The molecule has 152 valence electrons. The van der Waals surface area contributed by atoms with Crippen LogP contribution in [0.1, 0.15) is 53.4 Å². The number of aliphatic carboxylic acids is 2. The van der Waals surface area contributed by atoms with E-state index < -0.39 is 49.1 Å². The number of hydrogen-bond acceptors (Lipinski definition) is 6. The predicted molar refractivity (Wildman–Crippen MR) is 94.1 cm³/mol. The number of aliphatic hydroxyl groups is 2. The zero-order chi connectivity index (χ0) is 20.3. The van der Waals surface area contributed by atoms with Gasteiger partial charge in [-0.15, -0.1) is 0 Å². The summed E-state index contributed by atoms with van der Waals surface area (Å²) < 4.78 is 0. The summed E-state index contributed by atoms with van der Waals surface area (Å²) in [5.41, 5.74) is 5.26. The molecule has 0 aromatic carbocycles. The Morgan fingerprint density at radius 3 is 1.31 bits per heavy atom. The van der Waals surface area contributed by atoms with Gasteiger partial charge in [-0.3, -0.25) is 20.4 Å². The fourth-order valence-corrected chi connectivity index (χ4v) is 2.46. The van der Waals surface area contributed by atoms with Gasteiger partial charge in [-0.1, -0.05) is 38.1 Å². The number of aliphatic hydroxyl groups excluding tert-OH is 2. The van der Waals surface area contributed by atoms with Crippen molar-refractivity contribution in [1.82, 2.24) is 10.9 Å². The van der Waals surface area contributed by atoms with Crippen molar-refractivity contribution in [2.45, 2.75) is 77.7 Å². The molecule has 0 bridgehead atoms. The second-order valence-corrected chi connectivity index (χ2v) is 7.26. The molecule has 4 atom stereocenters. The van der Waals surface area contributed by atoms with E-state index in [4.69, 9.17) is 10.2 Å². The number of nitrogens with one attached hydrogen (secondary N) is 2. The topological polar surface area (TPSA) is 164 Å². The van der Waals surface area contributed by atoms with Gasteiger partial charge in [0.15, 0.2) is 0 Å². The highest BCUT2D eigenvalue weighted by atomic mass is 16.4. The van der Waals surface area contributed by atoms with E-state index in [1.165, 1.54) is 0 Å². The highest BCUT2D eigenvalue weighted by molar-refractivity contribution is 5.67. The number of nitrogens with zero attached hydrogens (tertiary/aromatic N) is 2. The van der Waals surface area contributed by atoms with Crippen molar-refractivity contribution in [2.24, 2.45) is 22.3 Å². The lowest BCUT2D eigenvalue weighted by molar-refractivity contribution is -0.140. The van der Waals surface area contributed by atoms with E-state index in [0.717, 1.165) is 0 Å². The van der Waals surface area contributed by atoms with Crippen molar-refractivity contribution >= 4 is 11.9 Å². The first-order chi connectivity index (χ1) is 12.0. The van der Waals surface area contributed by atoms with Gasteiger partial charge < -0.3 is 20.4 Å². The molecular weight excluding hydrogens is 344 g/mol. The molecule has 0 heterocycles. The van der Waals surface area contributed by atoms with Crippen LogP contribution in [0.2, 0.25) is 0 Å². The molecule has 0 aliphatic heterocycles. The van der Waals surface area contributed by atoms with E-state index in [9.17, 15) is 19.8 Å². The van der Waals surface area contributed by atoms with Crippen molar-refractivity contribution < 1.29 is 30.0 Å². The highest BCUT2D eigenvalue weighted by Crippen LogP contribution is 2.12. The predicted octanol–water partition coefficient (Wildman–Crippen LogP) is 0.948. The van der Waals surface area contributed by atoms with Crippen molar-refractivity contribution in [3.8, 4) is 0 Å². The summed E-state index contributed by atoms with van der Waals surface area (Å²) >= 11 is 0. The van der Waals surface area contributed by atoms with Gasteiger partial charge in [0.1, 0.15) is 0 Å². The molecule has 0 amide bonds. The van der Waals surface area contributed by atoms with Crippen LogP contribution in [-0.4, -0.2) is 56.7 Å². The van der Waals surface area contributed by atoms with Crippen LogP contribution in [-0.2, 0) is 9.59 Å². The average Bonchev–Trinajstić information content (AvgIpc) is 2.46. The molecule has 0 saturated carbocycles. The molecular formula is C16H32N4O6. The second-order valence-electron chi connectivity index (χ2n) is 7.26. The maximum Gasteiger partial charge on any atom is 0.306 e. The lowest BCUT2D eigenvalue weighted by Gasteiger charge is -2.24. The summed E-state index contributed by atoms with van der Waals surface area (Å²) in [6, 6.07) is -1.19. The largest absolute Gasteiger partial charge is 0.481 e. The van der Waals surface area contributed by atoms with Crippen LogP contribution in [0, 0.1) is 11.8 Å². The quantitative estimate of drug-likeness (QED) is 0.193. The van der Waals surface area contributed by atoms with Gasteiger partial charge in [0.25, 0.3) is 0 Å². The number of hydrogen-bond donors (Lipinski definition) is 6. The summed E-state index contributed by atoms with van der Waals surface area (Å²) in [7, 11) is 0. The molecule has 0 aromatic rings. The Labute approximate surface area is 153 Å². The van der Waals surface area contributed by atoms with Crippen LogP contribution in [0.15, 0.2) is 10.4 Å². The standard InChI is InChI=1S/C16H32N4O6/c1-9(2)5-11(13(21)7-15(23)24)17-19-20-18-12(6-10(3)4)14(22)8-16(25)26/h9-14,21-22H,5-8H2,1-4H3,(H,17,20)(H,18,19)(H,23,24)(H,25,26)/t11-,12-,13-,14-/m0/s1. The highest BCUT2D eigenvalue weighted by Gasteiger charge is 2.24. The smallest absolute Gasteiger partial charge is 0.306 e. The van der Waals surface area contributed by atoms with E-state index in [-0.39, 0.29) is 11.8 Å². The van der Waals surface area contributed by atoms with E-state index in [2.05, 4.69) is 21.3 Å². The van der Waals surface area contributed by atoms with Crippen LogP contribution in [0.5, 0.6) is 0 Å². The van der Waals surface area contributed by atoms with E-state index in [1.807, 2.05) is 27.7 Å². The van der Waals surface area contributed by atoms with Gasteiger partial charge in [0, 0.05) is 0 Å². The molecule has 0 unspecified atom stereocenters. The molecule has 10 nitrogen and oxygen atoms in total. The minimum Gasteiger partial charge on any atom is -0.481 e. The Balaban J connectivity index is 4.77. The first-order valence-corrected chi connectivity index (χ1v) is 8.73. The van der Waals surface area contributed by atoms with Crippen LogP contribution < -0.4 is 10.9 Å². The van der Waals surface area contributed by atoms with Crippen LogP contribution >= 0.6 is 0 Å². The lowest BCUT2D eigenvalue weighted by Crippen LogP contribution is -2.41. The lowest BCUT2D eigenvalue weighted by atomic mass is 9.98. The third-order valence-electron chi connectivity index (χ3n) is 3.64. The summed E-state index contributed by atoms with van der Waals surface area (Å²) in [6.07, 6.45) is -2.10. The maximum atomic E-state index is 10.8. The molecule has 0 rings (SSSR count). The molecule has 26 heavy (non-hydrogen) atoms. The Kier molecular flexibility index (Phi) is 11.5. The van der Waals surface area contributed by atoms with Gasteiger partial charge in [-0.2, -0.15) is 0 Å². The summed E-state index contributed by atoms with van der Waals surface area (Å²) in [5, 5.41) is 45.0. The Hall–Kier alpha value is -1.94. The number of rotatable bonds is 14. The normalized spacial score (nSPS) is 16.5. The third-order valence-corrected chi connectivity index (χ3v) is 3.64. The van der Waals surface area contributed by atoms with Crippen LogP contribution in [0.25, 0.3) is 0 Å². The Morgan fingerprint density at radius 2 is 1.08 bits per heavy atom. The molecule has 0 aliphatic rings. The summed E-state index contributed by atoms with van der Waals surface area (Å²) in [6.45, 7) is 7.72. The zero-order valence-electron chi connectivity index (χ0n) is 15.8. The van der Waals surface area contributed by atoms with Gasteiger partial charge in [0.2, 0.25) is 0 Å². The fourth-order valence-electron chi connectivity index (χ4n) is 2.46. The van der Waals surface area contributed by atoms with Crippen molar-refractivity contribution in [2.75, 3.05) is 0 Å². The molecule has 0 fully saturated rings. The molecule has 0 aliphatic carbocycles. The van der Waals surface area contributed by atoms with Gasteiger partial charge in [0.05, 0.1) is 37.1 Å². The molecule has 6 N–H and O–H groups in total. The first-order valence-electron chi connectivity index (χ1n) is 8.73. The third kappa shape index (κ3) is 11.6. The van der Waals surface area contributed by atoms with Crippen molar-refractivity contribution in [3.63, 3.8) is 0 Å².